The lowest BCUT2D eigenvalue weighted by molar-refractivity contribution is -0.138. The van der Waals surface area contributed by atoms with E-state index in [1.54, 1.807) is 18.3 Å². The molecule has 0 bridgehead atoms. The lowest BCUT2D eigenvalue weighted by atomic mass is 10.00. The van der Waals surface area contributed by atoms with Crippen LogP contribution in [0.2, 0.25) is 0 Å². The summed E-state index contributed by atoms with van der Waals surface area (Å²) in [6.45, 7) is 5.00. The standard InChI is InChI=1S/C22H25F3N6O/c1-12-15(5-4-6-18(12)22(23,24)25)20(26)28-21-16-9-19(32-14-7-8-31(3)11-14)27-10-17(16)13(2)29-30-21/h4-6,9-10,14,20H,7-8,11,26H2,1-3H3,(H,28,30)/t14?,20-/m0/s1. The van der Waals surface area contributed by atoms with Gasteiger partial charge in [-0.1, -0.05) is 12.1 Å². The Morgan fingerprint density at radius 3 is 2.69 bits per heavy atom. The van der Waals surface area contributed by atoms with Gasteiger partial charge in [-0.05, 0) is 44.5 Å². The molecule has 1 aliphatic heterocycles. The number of nitrogens with one attached hydrogen (secondary N) is 1. The number of pyridine rings is 1. The number of nitrogens with zero attached hydrogens (tertiary/aromatic N) is 4. The third kappa shape index (κ3) is 4.46. The summed E-state index contributed by atoms with van der Waals surface area (Å²) < 4.78 is 45.9. The topological polar surface area (TPSA) is 89.2 Å². The van der Waals surface area contributed by atoms with E-state index in [1.807, 2.05) is 14.0 Å². The van der Waals surface area contributed by atoms with Crippen LogP contribution in [-0.2, 0) is 6.18 Å². The van der Waals surface area contributed by atoms with Crippen molar-refractivity contribution < 1.29 is 17.9 Å². The largest absolute Gasteiger partial charge is 0.473 e. The Bertz CT molecular complexity index is 1140. The molecule has 4 rings (SSSR count). The molecule has 7 nitrogen and oxygen atoms in total. The van der Waals surface area contributed by atoms with E-state index in [0.717, 1.165) is 31.0 Å². The third-order valence-electron chi connectivity index (χ3n) is 5.77. The molecular weight excluding hydrogens is 421 g/mol. The summed E-state index contributed by atoms with van der Waals surface area (Å²) in [4.78, 5) is 6.58. The summed E-state index contributed by atoms with van der Waals surface area (Å²) in [5.74, 6) is 0.808. The van der Waals surface area contributed by atoms with Gasteiger partial charge in [0.2, 0.25) is 5.88 Å². The molecule has 0 radical (unpaired) electrons. The molecule has 0 spiro atoms. The van der Waals surface area contributed by atoms with E-state index in [2.05, 4.69) is 25.4 Å². The molecule has 1 saturated heterocycles. The molecule has 2 aromatic heterocycles. The minimum atomic E-state index is -4.46. The van der Waals surface area contributed by atoms with Crippen LogP contribution in [0.25, 0.3) is 10.8 Å². The molecule has 0 amide bonds. The van der Waals surface area contributed by atoms with Gasteiger partial charge in [0, 0.05) is 36.1 Å². The van der Waals surface area contributed by atoms with Crippen LogP contribution >= 0.6 is 0 Å². The molecule has 0 saturated carbocycles. The highest BCUT2D eigenvalue weighted by atomic mass is 19.4. The van der Waals surface area contributed by atoms with E-state index < -0.39 is 17.9 Å². The number of likely N-dealkylation sites (N-methyl/N-ethyl adjacent to an activating group) is 1. The highest BCUT2D eigenvalue weighted by Gasteiger charge is 2.33. The Labute approximate surface area is 183 Å². The predicted molar refractivity (Wildman–Crippen MR) is 115 cm³/mol. The number of halogens is 3. The molecule has 3 heterocycles. The van der Waals surface area contributed by atoms with Gasteiger partial charge < -0.3 is 20.7 Å². The number of anilines is 1. The summed E-state index contributed by atoms with van der Waals surface area (Å²) in [6.07, 6.45) is -2.75. The highest BCUT2D eigenvalue weighted by molar-refractivity contribution is 5.93. The molecule has 3 N–H and O–H groups in total. The first-order chi connectivity index (χ1) is 15.1. The number of rotatable bonds is 5. The van der Waals surface area contributed by atoms with Gasteiger partial charge in [-0.2, -0.15) is 18.3 Å². The Hall–Kier alpha value is -2.98. The highest BCUT2D eigenvalue weighted by Crippen LogP contribution is 2.35. The molecule has 170 valence electrons. The maximum Gasteiger partial charge on any atom is 0.416 e. The van der Waals surface area contributed by atoms with Gasteiger partial charge in [-0.25, -0.2) is 4.98 Å². The summed E-state index contributed by atoms with van der Waals surface area (Å²) in [7, 11) is 2.04. The van der Waals surface area contributed by atoms with Crippen LogP contribution in [0.5, 0.6) is 5.88 Å². The predicted octanol–water partition coefficient (Wildman–Crippen LogP) is 3.81. The summed E-state index contributed by atoms with van der Waals surface area (Å²) in [5.41, 5.74) is 6.61. The van der Waals surface area contributed by atoms with Crippen LogP contribution in [0.15, 0.2) is 30.5 Å². The smallest absolute Gasteiger partial charge is 0.416 e. The number of fused-ring (bicyclic) bond motifs is 1. The lowest BCUT2D eigenvalue weighted by Crippen LogP contribution is -2.23. The van der Waals surface area contributed by atoms with Gasteiger partial charge >= 0.3 is 6.18 Å². The van der Waals surface area contributed by atoms with Gasteiger partial charge in [-0.15, -0.1) is 5.10 Å². The second-order valence-corrected chi connectivity index (χ2v) is 8.13. The van der Waals surface area contributed by atoms with Crippen molar-refractivity contribution >= 4 is 16.6 Å². The average molecular weight is 446 g/mol. The van der Waals surface area contributed by atoms with Gasteiger partial charge in [0.1, 0.15) is 12.3 Å². The summed E-state index contributed by atoms with van der Waals surface area (Å²) >= 11 is 0. The van der Waals surface area contributed by atoms with Crippen LogP contribution in [0, 0.1) is 13.8 Å². The molecule has 0 aliphatic carbocycles. The number of aromatic nitrogens is 3. The van der Waals surface area contributed by atoms with E-state index >= 15 is 0 Å². The number of nitrogens with two attached hydrogens (primary N) is 1. The van der Waals surface area contributed by atoms with Gasteiger partial charge in [-0.3, -0.25) is 0 Å². The zero-order chi connectivity index (χ0) is 23.0. The first kappa shape index (κ1) is 22.2. The molecule has 3 aromatic rings. The second-order valence-electron chi connectivity index (χ2n) is 8.13. The lowest BCUT2D eigenvalue weighted by Gasteiger charge is -2.21. The van der Waals surface area contributed by atoms with Crippen molar-refractivity contribution in [1.29, 1.82) is 0 Å². The van der Waals surface area contributed by atoms with Crippen LogP contribution in [0.3, 0.4) is 0 Å². The molecule has 2 atom stereocenters. The SMILES string of the molecule is Cc1c([C@@H](N)Nc2nnc(C)c3cnc(OC4CCN(C)C4)cc23)cccc1C(F)(F)F. The zero-order valence-electron chi connectivity index (χ0n) is 18.1. The van der Waals surface area contributed by atoms with E-state index in [0.29, 0.717) is 28.3 Å². The zero-order valence-corrected chi connectivity index (χ0v) is 18.1. The quantitative estimate of drug-likeness (QED) is 0.576. The van der Waals surface area contributed by atoms with Crippen molar-refractivity contribution in [3.63, 3.8) is 0 Å². The van der Waals surface area contributed by atoms with E-state index in [4.69, 9.17) is 10.5 Å². The number of benzene rings is 1. The fourth-order valence-corrected chi connectivity index (χ4v) is 4.01. The van der Waals surface area contributed by atoms with Crippen molar-refractivity contribution in [3.8, 4) is 5.88 Å². The van der Waals surface area contributed by atoms with E-state index in [1.165, 1.54) is 13.0 Å². The Morgan fingerprint density at radius 1 is 1.22 bits per heavy atom. The minimum Gasteiger partial charge on any atom is -0.473 e. The Morgan fingerprint density at radius 2 is 2.00 bits per heavy atom. The maximum atomic E-state index is 13.3. The average Bonchev–Trinajstić information content (AvgIpc) is 3.14. The van der Waals surface area contributed by atoms with Crippen LogP contribution in [-0.4, -0.2) is 46.3 Å². The number of ether oxygens (including phenoxy) is 1. The second kappa shape index (κ2) is 8.51. The number of hydrogen-bond donors (Lipinski definition) is 2. The molecular formula is C22H25F3N6O. The van der Waals surface area contributed by atoms with E-state index in [-0.39, 0.29) is 11.7 Å². The molecule has 1 aromatic carbocycles. The van der Waals surface area contributed by atoms with Gasteiger partial charge in [0.15, 0.2) is 5.82 Å². The number of likely N-dealkylation sites (tertiary alicyclic amines) is 1. The molecule has 32 heavy (non-hydrogen) atoms. The van der Waals surface area contributed by atoms with Crippen molar-refractivity contribution in [2.45, 2.75) is 38.7 Å². The minimum absolute atomic E-state index is 0.0484. The van der Waals surface area contributed by atoms with Crippen molar-refractivity contribution in [2.75, 3.05) is 25.5 Å². The molecule has 1 unspecified atom stereocenters. The Kier molecular flexibility index (Phi) is 5.91. The fraction of sp³-hybridized carbons (Fsp3) is 0.409. The summed E-state index contributed by atoms with van der Waals surface area (Å²) in [5, 5.41) is 12.8. The monoisotopic (exact) mass is 446 g/mol. The fourth-order valence-electron chi connectivity index (χ4n) is 4.01. The third-order valence-corrected chi connectivity index (χ3v) is 5.77. The molecule has 1 aliphatic rings. The van der Waals surface area contributed by atoms with Crippen LogP contribution in [0.1, 0.15) is 35.0 Å². The van der Waals surface area contributed by atoms with Crippen LogP contribution in [0.4, 0.5) is 19.0 Å². The first-order valence-corrected chi connectivity index (χ1v) is 10.3. The number of alkyl halides is 3. The first-order valence-electron chi connectivity index (χ1n) is 10.3. The molecule has 10 heteroatoms. The normalized spacial score (nSPS) is 18.2. The maximum absolute atomic E-state index is 13.3. The van der Waals surface area contributed by atoms with Crippen molar-refractivity contribution in [3.05, 3.63) is 52.8 Å². The van der Waals surface area contributed by atoms with E-state index in [9.17, 15) is 13.2 Å². The van der Waals surface area contributed by atoms with Gasteiger partial charge in [0.05, 0.1) is 11.3 Å². The number of aryl methyl sites for hydroxylation is 1. The Balaban J connectivity index is 1.65. The summed E-state index contributed by atoms with van der Waals surface area (Å²) in [6, 6.07) is 5.73. The number of hydrogen-bond acceptors (Lipinski definition) is 7. The van der Waals surface area contributed by atoms with Gasteiger partial charge in [0.25, 0.3) is 0 Å². The van der Waals surface area contributed by atoms with Crippen molar-refractivity contribution in [2.24, 2.45) is 5.73 Å². The van der Waals surface area contributed by atoms with Crippen LogP contribution < -0.4 is 15.8 Å². The molecule has 1 fully saturated rings. The van der Waals surface area contributed by atoms with Crippen molar-refractivity contribution in [1.82, 2.24) is 20.1 Å².